The first kappa shape index (κ1) is 14.4. The molecule has 0 aliphatic rings. The van der Waals surface area contributed by atoms with Crippen molar-refractivity contribution in [3.05, 3.63) is 47.5 Å². The van der Waals surface area contributed by atoms with E-state index in [1.165, 1.54) is 16.6 Å². The third kappa shape index (κ3) is 2.62. The summed E-state index contributed by atoms with van der Waals surface area (Å²) in [6.07, 6.45) is 1.55. The van der Waals surface area contributed by atoms with Crippen molar-refractivity contribution >= 4 is 21.5 Å². The van der Waals surface area contributed by atoms with Gasteiger partial charge in [0.05, 0.1) is 5.69 Å². The molecule has 0 aliphatic carbocycles. The zero-order valence-corrected chi connectivity index (χ0v) is 12.6. The topological polar surface area (TPSA) is 89.2 Å². The maximum Gasteiger partial charge on any atom is 0.299 e. The number of nitrogens with one attached hydrogen (secondary N) is 1. The fraction of sp³-hybridized carbons (Fsp3) is 0.154. The Morgan fingerprint density at radius 3 is 2.68 bits per heavy atom. The van der Waals surface area contributed by atoms with Gasteiger partial charge in [-0.1, -0.05) is 6.07 Å². The van der Waals surface area contributed by atoms with Gasteiger partial charge in [-0.3, -0.25) is 4.72 Å². The smallest absolute Gasteiger partial charge is 0.274 e. The normalized spacial score (nSPS) is 11.8. The molecule has 2 heterocycles. The highest BCUT2D eigenvalue weighted by atomic mass is 32.2. The van der Waals surface area contributed by atoms with Crippen LogP contribution in [0.4, 0.5) is 10.1 Å². The first-order valence-electron chi connectivity index (χ1n) is 6.34. The number of aryl methyl sites for hydroxylation is 2. The molecule has 9 heteroatoms. The first-order chi connectivity index (χ1) is 10.3. The summed E-state index contributed by atoms with van der Waals surface area (Å²) in [5, 5.41) is 3.37. The molecular formula is C13H12FN5O2S. The number of nitrogens with zero attached hydrogens (tertiary/aromatic N) is 4. The second-order valence-electron chi connectivity index (χ2n) is 4.80. The third-order valence-corrected chi connectivity index (χ3v) is 4.08. The van der Waals surface area contributed by atoms with Crippen molar-refractivity contribution in [1.29, 1.82) is 0 Å². The van der Waals surface area contributed by atoms with Crippen molar-refractivity contribution in [3.63, 3.8) is 0 Å². The lowest BCUT2D eigenvalue weighted by Gasteiger charge is -2.06. The molecule has 22 heavy (non-hydrogen) atoms. The summed E-state index contributed by atoms with van der Waals surface area (Å²) >= 11 is 0. The van der Waals surface area contributed by atoms with E-state index in [0.29, 0.717) is 11.3 Å². The standard InChI is InChI=1S/C13H12FN5O2S/c1-8-3-4-11(10(14)7-8)18-22(20,21)13-16-12-15-9(2)5-6-19(12)17-13/h3-7,18H,1-2H3. The molecule has 2 aromatic heterocycles. The molecule has 0 bridgehead atoms. The van der Waals surface area contributed by atoms with Crippen molar-refractivity contribution < 1.29 is 12.8 Å². The Kier molecular flexibility index (Phi) is 3.28. The van der Waals surface area contributed by atoms with Crippen molar-refractivity contribution in [2.75, 3.05) is 4.72 Å². The average Bonchev–Trinajstić information content (AvgIpc) is 2.86. The minimum absolute atomic E-state index is 0.157. The number of benzene rings is 1. The van der Waals surface area contributed by atoms with Crippen LogP contribution in [0.25, 0.3) is 5.78 Å². The van der Waals surface area contributed by atoms with Gasteiger partial charge < -0.3 is 0 Å². The highest BCUT2D eigenvalue weighted by Crippen LogP contribution is 2.19. The minimum Gasteiger partial charge on any atom is -0.274 e. The number of aromatic nitrogens is 4. The first-order valence-corrected chi connectivity index (χ1v) is 7.82. The van der Waals surface area contributed by atoms with Crippen LogP contribution in [0.1, 0.15) is 11.3 Å². The van der Waals surface area contributed by atoms with Crippen LogP contribution in [-0.4, -0.2) is 28.0 Å². The van der Waals surface area contributed by atoms with Crippen LogP contribution in [0, 0.1) is 19.7 Å². The lowest BCUT2D eigenvalue weighted by atomic mass is 10.2. The molecule has 1 N–H and O–H groups in total. The van der Waals surface area contributed by atoms with Crippen molar-refractivity contribution in [2.45, 2.75) is 19.0 Å². The van der Waals surface area contributed by atoms with Gasteiger partial charge in [0.1, 0.15) is 5.82 Å². The molecule has 0 amide bonds. The molecule has 3 aromatic rings. The minimum atomic E-state index is -4.10. The van der Waals surface area contributed by atoms with E-state index in [4.69, 9.17) is 0 Å². The maximum absolute atomic E-state index is 13.8. The Labute approximate surface area is 125 Å². The molecule has 114 valence electrons. The van der Waals surface area contributed by atoms with Crippen LogP contribution in [0.5, 0.6) is 0 Å². The largest absolute Gasteiger partial charge is 0.299 e. The van der Waals surface area contributed by atoms with Crippen LogP contribution in [-0.2, 0) is 10.0 Å². The highest BCUT2D eigenvalue weighted by Gasteiger charge is 2.22. The van der Waals surface area contributed by atoms with Crippen LogP contribution < -0.4 is 4.72 Å². The van der Waals surface area contributed by atoms with Gasteiger partial charge in [-0.25, -0.2) is 13.9 Å². The van der Waals surface area contributed by atoms with E-state index in [1.54, 1.807) is 32.2 Å². The number of hydrogen-bond donors (Lipinski definition) is 1. The van der Waals surface area contributed by atoms with Crippen molar-refractivity contribution in [3.8, 4) is 0 Å². The Hall–Kier alpha value is -2.55. The number of halogens is 1. The van der Waals surface area contributed by atoms with Crippen LogP contribution in [0.2, 0.25) is 0 Å². The number of rotatable bonds is 3. The van der Waals surface area contributed by atoms with Gasteiger partial charge in [0.15, 0.2) is 0 Å². The quantitative estimate of drug-likeness (QED) is 0.793. The summed E-state index contributed by atoms with van der Waals surface area (Å²) in [6.45, 7) is 3.46. The van der Waals surface area contributed by atoms with Gasteiger partial charge in [0, 0.05) is 11.9 Å². The zero-order chi connectivity index (χ0) is 15.9. The lowest BCUT2D eigenvalue weighted by molar-refractivity contribution is 0.590. The van der Waals surface area contributed by atoms with Gasteiger partial charge in [0.2, 0.25) is 0 Å². The number of anilines is 1. The number of sulfonamides is 1. The highest BCUT2D eigenvalue weighted by molar-refractivity contribution is 7.92. The Morgan fingerprint density at radius 1 is 1.18 bits per heavy atom. The van der Waals surface area contributed by atoms with Crippen LogP contribution in [0.3, 0.4) is 0 Å². The van der Waals surface area contributed by atoms with Crippen molar-refractivity contribution in [2.24, 2.45) is 0 Å². The molecule has 0 atom stereocenters. The fourth-order valence-corrected chi connectivity index (χ4v) is 2.80. The molecule has 0 unspecified atom stereocenters. The summed E-state index contributed by atoms with van der Waals surface area (Å²) in [6, 6.07) is 5.86. The molecule has 0 aliphatic heterocycles. The van der Waals surface area contributed by atoms with E-state index < -0.39 is 21.0 Å². The predicted octanol–water partition coefficient (Wildman–Crippen LogP) is 1.68. The molecule has 0 fully saturated rings. The van der Waals surface area contributed by atoms with Crippen LogP contribution >= 0.6 is 0 Å². The second kappa shape index (κ2) is 5.02. The van der Waals surface area contributed by atoms with E-state index in [-0.39, 0.29) is 11.5 Å². The molecule has 3 rings (SSSR count). The molecule has 7 nitrogen and oxygen atoms in total. The Balaban J connectivity index is 2.00. The molecular weight excluding hydrogens is 309 g/mol. The molecule has 0 saturated heterocycles. The monoisotopic (exact) mass is 321 g/mol. The Bertz CT molecular complexity index is 968. The SMILES string of the molecule is Cc1ccc(NS(=O)(=O)c2nc3nc(C)ccn3n2)c(F)c1. The summed E-state index contributed by atoms with van der Waals surface area (Å²) in [4.78, 5) is 7.93. The second-order valence-corrected chi connectivity index (χ2v) is 6.37. The summed E-state index contributed by atoms with van der Waals surface area (Å²) < 4.78 is 41.6. The molecule has 0 radical (unpaired) electrons. The summed E-state index contributed by atoms with van der Waals surface area (Å²) in [7, 11) is -4.10. The van der Waals surface area contributed by atoms with Gasteiger partial charge >= 0.3 is 0 Å². The average molecular weight is 321 g/mol. The summed E-state index contributed by atoms with van der Waals surface area (Å²) in [5.41, 5.74) is 1.21. The number of fused-ring (bicyclic) bond motifs is 1. The van der Waals surface area contributed by atoms with E-state index in [9.17, 15) is 12.8 Å². The number of hydrogen-bond acceptors (Lipinski definition) is 5. The fourth-order valence-electron chi connectivity index (χ4n) is 1.85. The van der Waals surface area contributed by atoms with E-state index in [0.717, 1.165) is 0 Å². The summed E-state index contributed by atoms with van der Waals surface area (Å²) in [5.74, 6) is -0.508. The van der Waals surface area contributed by atoms with E-state index in [2.05, 4.69) is 19.8 Å². The van der Waals surface area contributed by atoms with Gasteiger partial charge in [-0.15, -0.1) is 5.10 Å². The Morgan fingerprint density at radius 2 is 1.95 bits per heavy atom. The van der Waals surface area contributed by atoms with Gasteiger partial charge in [0.25, 0.3) is 21.0 Å². The van der Waals surface area contributed by atoms with Gasteiger partial charge in [-0.05, 0) is 37.6 Å². The molecule has 0 saturated carbocycles. The third-order valence-electron chi connectivity index (χ3n) is 2.94. The predicted molar refractivity (Wildman–Crippen MR) is 77.5 cm³/mol. The maximum atomic E-state index is 13.8. The molecule has 0 spiro atoms. The van der Waals surface area contributed by atoms with Crippen LogP contribution in [0.15, 0.2) is 35.6 Å². The van der Waals surface area contributed by atoms with E-state index in [1.807, 2.05) is 0 Å². The lowest BCUT2D eigenvalue weighted by Crippen LogP contribution is -2.15. The zero-order valence-electron chi connectivity index (χ0n) is 11.8. The van der Waals surface area contributed by atoms with E-state index >= 15 is 0 Å². The van der Waals surface area contributed by atoms with Gasteiger partial charge in [-0.2, -0.15) is 13.4 Å². The van der Waals surface area contributed by atoms with Crippen molar-refractivity contribution in [1.82, 2.24) is 19.6 Å². The molecule has 1 aromatic carbocycles.